The van der Waals surface area contributed by atoms with Crippen LogP contribution in [0.4, 0.5) is 0 Å². The van der Waals surface area contributed by atoms with Crippen LogP contribution in [0.5, 0.6) is 0 Å². The van der Waals surface area contributed by atoms with Crippen LogP contribution < -0.4 is 10.5 Å². The number of carbonyl (C=O) groups is 1. The summed E-state index contributed by atoms with van der Waals surface area (Å²) in [7, 11) is -3.78. The molecule has 0 aliphatic heterocycles. The van der Waals surface area contributed by atoms with Crippen molar-refractivity contribution >= 4 is 15.9 Å². The van der Waals surface area contributed by atoms with Crippen molar-refractivity contribution in [2.24, 2.45) is 5.14 Å². The van der Waals surface area contributed by atoms with Gasteiger partial charge >= 0.3 is 0 Å². The molecule has 0 fully saturated rings. The maximum absolute atomic E-state index is 12.4. The molecular weight excluding hydrogens is 388 g/mol. The minimum Gasteiger partial charge on any atom is -0.372 e. The van der Waals surface area contributed by atoms with Crippen LogP contribution in [0, 0.1) is 0 Å². The third-order valence-electron chi connectivity index (χ3n) is 4.37. The number of hydrogen-bond donors (Lipinski definition) is 2. The Hall–Kier alpha value is -3.00. The Kier molecular flexibility index (Phi) is 6.77. The van der Waals surface area contributed by atoms with E-state index in [0.29, 0.717) is 25.3 Å². The molecular formula is C22H22N2O4S. The smallest absolute Gasteiger partial charge is 0.251 e. The maximum atomic E-state index is 12.4. The fraction of sp³-hybridized carbons (Fsp3) is 0.136. The number of amides is 1. The first-order valence-electron chi connectivity index (χ1n) is 9.03. The van der Waals surface area contributed by atoms with Gasteiger partial charge in [-0.2, -0.15) is 0 Å². The Balaban J connectivity index is 1.58. The van der Waals surface area contributed by atoms with Gasteiger partial charge in [-0.1, -0.05) is 54.6 Å². The highest BCUT2D eigenvalue weighted by Crippen LogP contribution is 2.13. The SMILES string of the molecule is NS(=O)(=O)c1ccc(C(=O)NCc2ccccc2COCc2ccccc2)cc1. The predicted octanol–water partition coefficient (Wildman–Crippen LogP) is 2.98. The second-order valence-corrected chi connectivity index (χ2v) is 8.06. The lowest BCUT2D eigenvalue weighted by Gasteiger charge is -2.12. The second kappa shape index (κ2) is 9.47. The van der Waals surface area contributed by atoms with Crippen LogP contribution in [0.3, 0.4) is 0 Å². The first-order valence-corrected chi connectivity index (χ1v) is 10.6. The molecule has 6 nitrogen and oxygen atoms in total. The van der Waals surface area contributed by atoms with E-state index in [-0.39, 0.29) is 10.8 Å². The van der Waals surface area contributed by atoms with E-state index in [2.05, 4.69) is 5.32 Å². The van der Waals surface area contributed by atoms with E-state index >= 15 is 0 Å². The van der Waals surface area contributed by atoms with Gasteiger partial charge in [-0.3, -0.25) is 4.79 Å². The molecule has 0 unspecified atom stereocenters. The number of carbonyl (C=O) groups excluding carboxylic acids is 1. The first-order chi connectivity index (χ1) is 13.9. The fourth-order valence-electron chi connectivity index (χ4n) is 2.80. The molecule has 7 heteroatoms. The summed E-state index contributed by atoms with van der Waals surface area (Å²) in [5.41, 5.74) is 3.40. The topological polar surface area (TPSA) is 98.5 Å². The number of benzene rings is 3. The van der Waals surface area contributed by atoms with Gasteiger partial charge in [0.1, 0.15) is 0 Å². The Morgan fingerprint density at radius 2 is 1.45 bits per heavy atom. The number of primary sulfonamides is 1. The van der Waals surface area contributed by atoms with Crippen LogP contribution in [0.1, 0.15) is 27.0 Å². The number of hydrogen-bond acceptors (Lipinski definition) is 4. The van der Waals surface area contributed by atoms with Crippen molar-refractivity contribution in [3.63, 3.8) is 0 Å². The van der Waals surface area contributed by atoms with Gasteiger partial charge in [0.25, 0.3) is 5.91 Å². The monoisotopic (exact) mass is 410 g/mol. The summed E-state index contributed by atoms with van der Waals surface area (Å²) in [6, 6.07) is 23.2. The standard InChI is InChI=1S/C22H22N2O4S/c23-29(26,27)21-12-10-18(11-13-21)22(25)24-14-19-8-4-5-9-20(19)16-28-15-17-6-2-1-3-7-17/h1-13H,14-16H2,(H,24,25)(H2,23,26,27). The Morgan fingerprint density at radius 1 is 0.828 bits per heavy atom. The number of nitrogens with one attached hydrogen (secondary N) is 1. The van der Waals surface area contributed by atoms with E-state index in [1.54, 1.807) is 0 Å². The molecule has 3 N–H and O–H groups in total. The van der Waals surface area contributed by atoms with Crippen LogP contribution in [-0.4, -0.2) is 14.3 Å². The van der Waals surface area contributed by atoms with Crippen molar-refractivity contribution in [1.82, 2.24) is 5.32 Å². The van der Waals surface area contributed by atoms with E-state index in [1.165, 1.54) is 24.3 Å². The van der Waals surface area contributed by atoms with E-state index in [0.717, 1.165) is 16.7 Å². The summed E-state index contributed by atoms with van der Waals surface area (Å²) in [6.07, 6.45) is 0. The van der Waals surface area contributed by atoms with Crippen molar-refractivity contribution in [3.05, 3.63) is 101 Å². The largest absolute Gasteiger partial charge is 0.372 e. The zero-order valence-corrected chi connectivity index (χ0v) is 16.6. The third-order valence-corrected chi connectivity index (χ3v) is 5.30. The van der Waals surface area contributed by atoms with Crippen LogP contribution in [0.2, 0.25) is 0 Å². The minimum atomic E-state index is -3.78. The van der Waals surface area contributed by atoms with E-state index in [1.807, 2.05) is 54.6 Å². The van der Waals surface area contributed by atoms with Gasteiger partial charge in [0.15, 0.2) is 0 Å². The summed E-state index contributed by atoms with van der Waals surface area (Å²) in [6.45, 7) is 1.28. The highest BCUT2D eigenvalue weighted by atomic mass is 32.2. The number of rotatable bonds is 8. The van der Waals surface area contributed by atoms with Crippen molar-refractivity contribution in [2.45, 2.75) is 24.7 Å². The van der Waals surface area contributed by atoms with E-state index in [4.69, 9.17) is 9.88 Å². The van der Waals surface area contributed by atoms with Crippen LogP contribution in [0.25, 0.3) is 0 Å². The summed E-state index contributed by atoms with van der Waals surface area (Å²) in [4.78, 5) is 12.3. The molecule has 0 heterocycles. The Bertz CT molecular complexity index is 1070. The molecule has 29 heavy (non-hydrogen) atoms. The average Bonchev–Trinajstić information content (AvgIpc) is 2.73. The van der Waals surface area contributed by atoms with Crippen LogP contribution >= 0.6 is 0 Å². The Morgan fingerprint density at radius 3 is 2.10 bits per heavy atom. The molecule has 0 bridgehead atoms. The normalized spacial score (nSPS) is 11.2. The van der Waals surface area contributed by atoms with Crippen molar-refractivity contribution in [3.8, 4) is 0 Å². The summed E-state index contributed by atoms with van der Waals surface area (Å²) >= 11 is 0. The molecule has 0 aliphatic rings. The lowest BCUT2D eigenvalue weighted by Crippen LogP contribution is -2.23. The molecule has 1 amide bonds. The van der Waals surface area contributed by atoms with E-state index in [9.17, 15) is 13.2 Å². The quantitative estimate of drug-likeness (QED) is 0.596. The maximum Gasteiger partial charge on any atom is 0.251 e. The fourth-order valence-corrected chi connectivity index (χ4v) is 3.31. The zero-order chi connectivity index (χ0) is 20.7. The van der Waals surface area contributed by atoms with Gasteiger partial charge in [0, 0.05) is 12.1 Å². The van der Waals surface area contributed by atoms with E-state index < -0.39 is 10.0 Å². The summed E-state index contributed by atoms with van der Waals surface area (Å²) < 4.78 is 28.4. The van der Waals surface area contributed by atoms with Crippen molar-refractivity contribution < 1.29 is 17.9 Å². The lowest BCUT2D eigenvalue weighted by molar-refractivity contribution is 0.0947. The average molecular weight is 410 g/mol. The number of sulfonamides is 1. The molecule has 3 aromatic carbocycles. The molecule has 0 aromatic heterocycles. The predicted molar refractivity (Wildman–Crippen MR) is 110 cm³/mol. The molecule has 0 atom stereocenters. The molecule has 0 aliphatic carbocycles. The molecule has 0 spiro atoms. The highest BCUT2D eigenvalue weighted by Gasteiger charge is 2.11. The van der Waals surface area contributed by atoms with Gasteiger partial charge in [0.2, 0.25) is 10.0 Å². The molecule has 3 rings (SSSR count). The van der Waals surface area contributed by atoms with Gasteiger partial charge in [-0.15, -0.1) is 0 Å². The van der Waals surface area contributed by atoms with Gasteiger partial charge in [0.05, 0.1) is 18.1 Å². The second-order valence-electron chi connectivity index (χ2n) is 6.50. The lowest BCUT2D eigenvalue weighted by atomic mass is 10.1. The molecule has 0 saturated carbocycles. The summed E-state index contributed by atoms with van der Waals surface area (Å²) in [5.74, 6) is -0.300. The van der Waals surface area contributed by atoms with Gasteiger partial charge < -0.3 is 10.1 Å². The van der Waals surface area contributed by atoms with Crippen molar-refractivity contribution in [2.75, 3.05) is 0 Å². The first kappa shape index (κ1) is 20.7. The molecule has 0 saturated heterocycles. The molecule has 150 valence electrons. The minimum absolute atomic E-state index is 0.0324. The molecule has 3 aromatic rings. The summed E-state index contributed by atoms with van der Waals surface area (Å²) in [5, 5.41) is 7.92. The zero-order valence-electron chi connectivity index (χ0n) is 15.7. The third kappa shape index (κ3) is 5.99. The van der Waals surface area contributed by atoms with Crippen molar-refractivity contribution in [1.29, 1.82) is 0 Å². The van der Waals surface area contributed by atoms with Gasteiger partial charge in [-0.25, -0.2) is 13.6 Å². The highest BCUT2D eigenvalue weighted by molar-refractivity contribution is 7.89. The molecule has 0 radical (unpaired) electrons. The number of nitrogens with two attached hydrogens (primary N) is 1. The number of ether oxygens (including phenoxy) is 1. The van der Waals surface area contributed by atoms with Gasteiger partial charge in [-0.05, 0) is 41.0 Å². The Labute approximate surface area is 170 Å². The van der Waals surface area contributed by atoms with Crippen LogP contribution in [-0.2, 0) is 34.5 Å². The van der Waals surface area contributed by atoms with Crippen LogP contribution in [0.15, 0.2) is 83.8 Å².